The summed E-state index contributed by atoms with van der Waals surface area (Å²) in [6.45, 7) is 13.4. The van der Waals surface area contributed by atoms with Crippen molar-refractivity contribution in [3.05, 3.63) is 12.7 Å². The molecule has 0 heterocycles. The normalized spacial score (nSPS) is 42.2. The maximum absolute atomic E-state index is 11.8. The predicted molar refractivity (Wildman–Crippen MR) is 116 cm³/mol. The second-order valence-electron chi connectivity index (χ2n) is 10.7. The molecule has 160 valence electrons. The van der Waals surface area contributed by atoms with Crippen molar-refractivity contribution in [1.82, 2.24) is 4.90 Å². The molecule has 0 aromatic carbocycles. The number of carbonyl (C=O) groups excluding carboxylic acids is 1. The molecule has 3 aliphatic rings. The topological polar surface area (TPSA) is 29.5 Å². The second-order valence-corrected chi connectivity index (χ2v) is 10.7. The lowest BCUT2D eigenvalue weighted by Gasteiger charge is -2.51. The fourth-order valence-electron chi connectivity index (χ4n) is 6.90. The summed E-state index contributed by atoms with van der Waals surface area (Å²) in [4.78, 5) is 14.7. The van der Waals surface area contributed by atoms with Crippen molar-refractivity contribution in [2.45, 2.75) is 116 Å². The van der Waals surface area contributed by atoms with Crippen LogP contribution in [0, 0.1) is 23.7 Å². The molecule has 28 heavy (non-hydrogen) atoms. The second kappa shape index (κ2) is 9.78. The van der Waals surface area contributed by atoms with E-state index in [9.17, 15) is 4.79 Å². The number of ether oxygens (including phenoxy) is 1. The average Bonchev–Trinajstić information content (AvgIpc) is 2.60. The van der Waals surface area contributed by atoms with Gasteiger partial charge >= 0.3 is 5.97 Å². The van der Waals surface area contributed by atoms with Gasteiger partial charge in [0.2, 0.25) is 0 Å². The Kier molecular flexibility index (Phi) is 7.64. The van der Waals surface area contributed by atoms with Gasteiger partial charge in [0.1, 0.15) is 6.10 Å². The van der Waals surface area contributed by atoms with Crippen LogP contribution in [0.2, 0.25) is 0 Å². The fraction of sp³-hybridized carbons (Fsp3) is 0.880. The predicted octanol–water partition coefficient (Wildman–Crippen LogP) is 5.98. The molecule has 0 amide bonds. The molecule has 0 spiro atoms. The Balaban J connectivity index is 1.78. The van der Waals surface area contributed by atoms with Crippen molar-refractivity contribution in [2.75, 3.05) is 0 Å². The van der Waals surface area contributed by atoms with Gasteiger partial charge in [-0.3, -0.25) is 4.90 Å². The number of hydrogen-bond donors (Lipinski definition) is 0. The molecule has 0 N–H and O–H groups in total. The first-order valence-electron chi connectivity index (χ1n) is 12.0. The summed E-state index contributed by atoms with van der Waals surface area (Å²) in [5.74, 6) is 3.05. The van der Waals surface area contributed by atoms with Gasteiger partial charge in [0.15, 0.2) is 0 Å². The van der Waals surface area contributed by atoms with Crippen LogP contribution in [0.5, 0.6) is 0 Å². The van der Waals surface area contributed by atoms with Gasteiger partial charge in [0, 0.05) is 24.2 Å². The van der Waals surface area contributed by atoms with E-state index in [1.165, 1.54) is 57.4 Å². The van der Waals surface area contributed by atoms with Crippen LogP contribution in [-0.2, 0) is 9.53 Å². The molecule has 0 radical (unpaired) electrons. The summed E-state index contributed by atoms with van der Waals surface area (Å²) in [5, 5.41) is 0. The zero-order valence-corrected chi connectivity index (χ0v) is 18.7. The number of rotatable bonds is 5. The lowest BCUT2D eigenvalue weighted by atomic mass is 9.74. The molecular formula is C25H43NO2. The van der Waals surface area contributed by atoms with E-state index in [4.69, 9.17) is 4.74 Å². The van der Waals surface area contributed by atoms with Crippen molar-refractivity contribution in [3.63, 3.8) is 0 Å². The molecule has 0 saturated heterocycles. The first-order valence-corrected chi connectivity index (χ1v) is 12.0. The van der Waals surface area contributed by atoms with Crippen molar-refractivity contribution in [2.24, 2.45) is 23.7 Å². The summed E-state index contributed by atoms with van der Waals surface area (Å²) in [7, 11) is 0. The van der Waals surface area contributed by atoms with Crippen LogP contribution < -0.4 is 0 Å². The summed E-state index contributed by atoms with van der Waals surface area (Å²) >= 11 is 0. The van der Waals surface area contributed by atoms with Crippen LogP contribution in [0.4, 0.5) is 0 Å². The van der Waals surface area contributed by atoms with E-state index >= 15 is 0 Å². The molecule has 0 aromatic rings. The lowest BCUT2D eigenvalue weighted by Crippen LogP contribution is -2.55. The van der Waals surface area contributed by atoms with Gasteiger partial charge in [-0.15, -0.1) is 0 Å². The largest absolute Gasteiger partial charge is 0.459 e. The van der Waals surface area contributed by atoms with Crippen molar-refractivity contribution >= 4 is 5.97 Å². The Morgan fingerprint density at radius 2 is 1.29 bits per heavy atom. The van der Waals surface area contributed by atoms with E-state index in [0.717, 1.165) is 36.5 Å². The highest BCUT2D eigenvalue weighted by Crippen LogP contribution is 2.41. The van der Waals surface area contributed by atoms with Crippen LogP contribution in [0.3, 0.4) is 0 Å². The highest BCUT2D eigenvalue weighted by Gasteiger charge is 2.40. The SMILES string of the molecule is C=CC(=O)OC1CCCC(N(C2CC(C)CC(C)C2)C2CC(C)CC(C)C2)C1. The van der Waals surface area contributed by atoms with Crippen molar-refractivity contribution in [1.29, 1.82) is 0 Å². The first-order chi connectivity index (χ1) is 13.4. The molecular weight excluding hydrogens is 346 g/mol. The molecule has 3 rings (SSSR count). The van der Waals surface area contributed by atoms with E-state index < -0.39 is 0 Å². The molecule has 3 nitrogen and oxygen atoms in total. The minimum atomic E-state index is -0.253. The minimum absolute atomic E-state index is 0.0728. The van der Waals surface area contributed by atoms with Crippen LogP contribution in [0.1, 0.15) is 91.9 Å². The Labute approximate surface area is 173 Å². The molecule has 3 aliphatic carbocycles. The zero-order chi connectivity index (χ0) is 20.3. The molecule has 6 unspecified atom stereocenters. The van der Waals surface area contributed by atoms with Gasteiger partial charge in [-0.05, 0) is 87.9 Å². The first kappa shape index (κ1) is 21.9. The van der Waals surface area contributed by atoms with E-state index in [1.54, 1.807) is 0 Å². The molecule has 6 atom stereocenters. The van der Waals surface area contributed by atoms with Crippen LogP contribution in [0.25, 0.3) is 0 Å². The summed E-state index contributed by atoms with van der Waals surface area (Å²) in [6, 6.07) is 1.99. The quantitative estimate of drug-likeness (QED) is 0.428. The Hall–Kier alpha value is -0.830. The Bertz CT molecular complexity index is 487. The smallest absolute Gasteiger partial charge is 0.330 e. The number of carbonyl (C=O) groups is 1. The van der Waals surface area contributed by atoms with E-state index in [-0.39, 0.29) is 12.1 Å². The molecule has 0 aromatic heterocycles. The van der Waals surface area contributed by atoms with Crippen LogP contribution >= 0.6 is 0 Å². The third-order valence-electron chi connectivity index (χ3n) is 7.62. The van der Waals surface area contributed by atoms with Crippen molar-refractivity contribution < 1.29 is 9.53 Å². The molecule has 3 heteroatoms. The minimum Gasteiger partial charge on any atom is -0.459 e. The van der Waals surface area contributed by atoms with E-state index in [1.807, 2.05) is 0 Å². The van der Waals surface area contributed by atoms with Gasteiger partial charge < -0.3 is 4.74 Å². The lowest BCUT2D eigenvalue weighted by molar-refractivity contribution is -0.146. The van der Waals surface area contributed by atoms with Gasteiger partial charge in [-0.2, -0.15) is 0 Å². The average molecular weight is 390 g/mol. The van der Waals surface area contributed by atoms with Gasteiger partial charge in [0.05, 0.1) is 0 Å². The fourth-order valence-corrected chi connectivity index (χ4v) is 6.90. The molecule has 0 bridgehead atoms. The highest BCUT2D eigenvalue weighted by atomic mass is 16.5. The molecule has 3 saturated carbocycles. The number of hydrogen-bond acceptors (Lipinski definition) is 3. The van der Waals surface area contributed by atoms with Gasteiger partial charge in [-0.25, -0.2) is 4.79 Å². The van der Waals surface area contributed by atoms with Gasteiger partial charge in [-0.1, -0.05) is 34.3 Å². The number of esters is 1. The maximum atomic E-state index is 11.8. The summed E-state index contributed by atoms with van der Waals surface area (Å²) in [6.07, 6.45) is 14.0. The van der Waals surface area contributed by atoms with Crippen LogP contribution in [0.15, 0.2) is 12.7 Å². The zero-order valence-electron chi connectivity index (χ0n) is 18.7. The third-order valence-corrected chi connectivity index (χ3v) is 7.62. The standard InChI is InChI=1S/C25H43NO2/c1-6-25(27)28-24-9-7-8-21(16-24)26(22-12-17(2)10-18(3)13-22)23-14-19(4)11-20(5)15-23/h6,17-24H,1,7-16H2,2-5H3. The molecule has 3 fully saturated rings. The van der Waals surface area contributed by atoms with E-state index in [2.05, 4.69) is 39.2 Å². The monoisotopic (exact) mass is 389 g/mol. The van der Waals surface area contributed by atoms with Crippen LogP contribution in [-0.4, -0.2) is 35.1 Å². The number of nitrogens with zero attached hydrogens (tertiary/aromatic N) is 1. The Morgan fingerprint density at radius 3 is 1.75 bits per heavy atom. The third kappa shape index (κ3) is 5.62. The molecule has 0 aliphatic heterocycles. The Morgan fingerprint density at radius 1 is 0.786 bits per heavy atom. The van der Waals surface area contributed by atoms with E-state index in [0.29, 0.717) is 18.1 Å². The summed E-state index contributed by atoms with van der Waals surface area (Å²) in [5.41, 5.74) is 0. The van der Waals surface area contributed by atoms with Gasteiger partial charge in [0.25, 0.3) is 0 Å². The maximum Gasteiger partial charge on any atom is 0.330 e. The van der Waals surface area contributed by atoms with Crippen molar-refractivity contribution in [3.8, 4) is 0 Å². The highest BCUT2D eigenvalue weighted by molar-refractivity contribution is 5.81. The summed E-state index contributed by atoms with van der Waals surface area (Å²) < 4.78 is 5.70.